The maximum atomic E-state index is 13.8. The molecule has 4 aromatic rings. The van der Waals surface area contributed by atoms with Crippen LogP contribution < -0.4 is 10.6 Å². The number of aliphatic carboxylic acids is 1. The fourth-order valence-electron chi connectivity index (χ4n) is 10.5. The molecule has 3 N–H and O–H groups in total. The number of aromatic nitrogens is 4. The molecule has 9 rings (SSSR count). The van der Waals surface area contributed by atoms with Gasteiger partial charge in [-0.15, -0.1) is 0 Å². The Bertz CT molecular complexity index is 2290. The second-order valence-electron chi connectivity index (χ2n) is 17.1. The van der Waals surface area contributed by atoms with Gasteiger partial charge in [-0.1, -0.05) is 47.5 Å². The van der Waals surface area contributed by atoms with E-state index in [9.17, 15) is 19.5 Å². The van der Waals surface area contributed by atoms with Crippen LogP contribution in [0.4, 0.5) is 11.4 Å². The number of carbonyl (C=O) groups is 3. The van der Waals surface area contributed by atoms with Crippen molar-refractivity contribution in [1.29, 1.82) is 0 Å². The van der Waals surface area contributed by atoms with Gasteiger partial charge in [0.2, 0.25) is 0 Å². The van der Waals surface area contributed by atoms with Crippen LogP contribution in [-0.4, -0.2) is 90.7 Å². The highest BCUT2D eigenvalue weighted by Crippen LogP contribution is 2.63. The number of halogens is 2. The summed E-state index contributed by atoms with van der Waals surface area (Å²) in [6.07, 6.45) is 8.99. The zero-order chi connectivity index (χ0) is 40.3. The predicted octanol–water partition coefficient (Wildman–Crippen LogP) is 6.95. The number of amides is 2. The van der Waals surface area contributed by atoms with Crippen molar-refractivity contribution < 1.29 is 24.2 Å². The number of hydrogen-bond acceptors (Lipinski definition) is 8. The molecule has 5 aliphatic rings. The molecule has 2 aliphatic carbocycles. The summed E-state index contributed by atoms with van der Waals surface area (Å²) in [5.74, 6) is -0.713. The fraction of sp³-hybridized carbons (Fsp3) is 0.512. The van der Waals surface area contributed by atoms with E-state index >= 15 is 0 Å². The Labute approximate surface area is 348 Å². The highest BCUT2D eigenvalue weighted by molar-refractivity contribution is 6.40. The lowest BCUT2D eigenvalue weighted by molar-refractivity contribution is -0.148. The molecule has 0 spiro atoms. The molecule has 1 saturated heterocycles. The smallest absolute Gasteiger partial charge is 0.309 e. The number of fused-ring (bicyclic) bond motifs is 4. The van der Waals surface area contributed by atoms with Gasteiger partial charge in [0.25, 0.3) is 11.8 Å². The standard InChI is InChI=1S/C43H50Cl2N8O5/c1-50-33-9-18-52(20-17-42-13-15-43(25-42,16-14-42)41(56)57)23-31(33)46-37(50)39(54)48-29-7-3-5-27(35(29)44)28-6-4-8-30(36(28)45)49-40(55)38-47-32-24-53(19-10-34(32)51(38)2)26-11-21-58-22-12-26/h3-8,26H,9-25H2,1-2H3,(H,48,54)(H,49,55)(H,56,57). The van der Waals surface area contributed by atoms with Gasteiger partial charge in [-0.05, 0) is 75.5 Å². The van der Waals surface area contributed by atoms with Crippen molar-refractivity contribution in [3.05, 3.63) is 80.9 Å². The molecular formula is C43H50Cl2N8O5. The van der Waals surface area contributed by atoms with E-state index in [4.69, 9.17) is 37.9 Å². The number of imidazole rings is 2. The van der Waals surface area contributed by atoms with Gasteiger partial charge in [-0.2, -0.15) is 0 Å². The summed E-state index contributed by atoms with van der Waals surface area (Å²) < 4.78 is 9.32. The lowest BCUT2D eigenvalue weighted by atomic mass is 9.80. The Morgan fingerprint density at radius 3 is 1.91 bits per heavy atom. The van der Waals surface area contributed by atoms with Crippen molar-refractivity contribution in [3.8, 4) is 11.1 Å². The Hall–Kier alpha value is -4.27. The number of carbonyl (C=O) groups excluding carboxylic acids is 2. The van der Waals surface area contributed by atoms with Crippen LogP contribution in [0, 0.1) is 10.8 Å². The number of nitrogens with one attached hydrogen (secondary N) is 2. The SMILES string of the molecule is Cn1c(C(=O)Nc2cccc(-c3cccc(NC(=O)c4nc5c(n4C)CCN(C4CCOCC4)C5)c3Cl)c2Cl)nc2c1CCN(CCC13CCC(C(=O)O)(CC1)C3)C2. The van der Waals surface area contributed by atoms with Gasteiger partial charge in [0.1, 0.15) is 0 Å². The summed E-state index contributed by atoms with van der Waals surface area (Å²) in [5, 5.41) is 16.4. The van der Waals surface area contributed by atoms with Crippen molar-refractivity contribution in [3.63, 3.8) is 0 Å². The van der Waals surface area contributed by atoms with E-state index in [-0.39, 0.29) is 17.2 Å². The number of ether oxygens (including phenoxy) is 1. The molecule has 13 nitrogen and oxygen atoms in total. The summed E-state index contributed by atoms with van der Waals surface area (Å²) in [6.45, 7) is 5.60. The number of anilines is 2. The van der Waals surface area contributed by atoms with Gasteiger partial charge in [0, 0.05) is 94.9 Å². The first-order valence-electron chi connectivity index (χ1n) is 20.5. The van der Waals surface area contributed by atoms with E-state index in [1.54, 1.807) is 24.3 Å². The van der Waals surface area contributed by atoms with Gasteiger partial charge >= 0.3 is 5.97 Å². The van der Waals surface area contributed by atoms with E-state index < -0.39 is 11.4 Å². The van der Waals surface area contributed by atoms with Gasteiger partial charge in [0.15, 0.2) is 11.6 Å². The number of hydrogen-bond donors (Lipinski definition) is 3. The van der Waals surface area contributed by atoms with Crippen molar-refractivity contribution in [2.24, 2.45) is 24.9 Å². The maximum Gasteiger partial charge on any atom is 0.309 e. The molecule has 2 aromatic heterocycles. The highest BCUT2D eigenvalue weighted by atomic mass is 35.5. The summed E-state index contributed by atoms with van der Waals surface area (Å²) >= 11 is 14.0. The normalized spacial score (nSPS) is 23.4. The van der Waals surface area contributed by atoms with Crippen molar-refractivity contribution in [2.75, 3.05) is 43.5 Å². The molecule has 2 aromatic carbocycles. The molecule has 0 unspecified atom stereocenters. The minimum atomic E-state index is -0.627. The van der Waals surface area contributed by atoms with Crippen LogP contribution in [0.25, 0.3) is 11.1 Å². The van der Waals surface area contributed by atoms with Crippen molar-refractivity contribution in [2.45, 2.75) is 83.3 Å². The fourth-order valence-corrected chi connectivity index (χ4v) is 11.0. The Morgan fingerprint density at radius 2 is 1.36 bits per heavy atom. The molecule has 15 heteroatoms. The summed E-state index contributed by atoms with van der Waals surface area (Å²) in [7, 11) is 3.76. The van der Waals surface area contributed by atoms with Crippen LogP contribution in [0.15, 0.2) is 36.4 Å². The number of nitrogens with zero attached hydrogens (tertiary/aromatic N) is 6. The lowest BCUT2D eigenvalue weighted by Crippen LogP contribution is -2.42. The first-order chi connectivity index (χ1) is 27.9. The van der Waals surface area contributed by atoms with Gasteiger partial charge in [0.05, 0.1) is 38.2 Å². The predicted molar refractivity (Wildman–Crippen MR) is 221 cm³/mol. The monoisotopic (exact) mass is 828 g/mol. The van der Waals surface area contributed by atoms with Crippen molar-refractivity contribution in [1.82, 2.24) is 28.9 Å². The number of carboxylic acids is 1. The quantitative estimate of drug-likeness (QED) is 0.155. The van der Waals surface area contributed by atoms with Crippen LogP contribution in [-0.2, 0) is 49.6 Å². The minimum Gasteiger partial charge on any atom is -0.481 e. The molecule has 306 valence electrons. The second kappa shape index (κ2) is 15.4. The molecule has 2 amide bonds. The second-order valence-corrected chi connectivity index (χ2v) is 17.9. The van der Waals surface area contributed by atoms with Gasteiger partial charge < -0.3 is 29.6 Å². The van der Waals surface area contributed by atoms with Crippen LogP contribution >= 0.6 is 23.2 Å². The van der Waals surface area contributed by atoms with Crippen LogP contribution in [0.2, 0.25) is 10.0 Å². The topological polar surface area (TPSA) is 147 Å². The summed E-state index contributed by atoms with van der Waals surface area (Å²) in [6, 6.07) is 11.2. The summed E-state index contributed by atoms with van der Waals surface area (Å²) in [4.78, 5) is 53.9. The van der Waals surface area contributed by atoms with Crippen molar-refractivity contribution >= 4 is 52.4 Å². The number of carboxylic acid groups (broad SMARTS) is 1. The van der Waals surface area contributed by atoms with Gasteiger partial charge in [-0.3, -0.25) is 24.2 Å². The van der Waals surface area contributed by atoms with E-state index in [0.717, 1.165) is 120 Å². The Kier molecular flexibility index (Phi) is 10.4. The molecule has 2 saturated carbocycles. The van der Waals surface area contributed by atoms with Crippen LogP contribution in [0.3, 0.4) is 0 Å². The van der Waals surface area contributed by atoms with Gasteiger partial charge in [-0.25, -0.2) is 9.97 Å². The maximum absolute atomic E-state index is 13.8. The largest absolute Gasteiger partial charge is 0.481 e. The third-order valence-corrected chi connectivity index (χ3v) is 14.7. The zero-order valence-corrected chi connectivity index (χ0v) is 34.6. The first kappa shape index (κ1) is 39.2. The molecule has 5 heterocycles. The lowest BCUT2D eigenvalue weighted by Gasteiger charge is -2.36. The molecule has 3 fully saturated rings. The Morgan fingerprint density at radius 1 is 0.810 bits per heavy atom. The average Bonchev–Trinajstić information content (AvgIpc) is 3.99. The highest BCUT2D eigenvalue weighted by Gasteiger charge is 2.57. The molecule has 2 bridgehead atoms. The third kappa shape index (κ3) is 7.02. The van der Waals surface area contributed by atoms with Crippen LogP contribution in [0.5, 0.6) is 0 Å². The zero-order valence-electron chi connectivity index (χ0n) is 33.1. The molecule has 0 atom stereocenters. The number of benzene rings is 2. The average molecular weight is 830 g/mol. The molecular weight excluding hydrogens is 779 g/mol. The third-order valence-electron chi connectivity index (χ3n) is 13.9. The molecule has 3 aliphatic heterocycles. The minimum absolute atomic E-state index is 0.133. The first-order valence-corrected chi connectivity index (χ1v) is 21.3. The van der Waals surface area contributed by atoms with E-state index in [1.807, 2.05) is 35.4 Å². The van der Waals surface area contributed by atoms with E-state index in [1.165, 1.54) is 0 Å². The summed E-state index contributed by atoms with van der Waals surface area (Å²) in [5.41, 5.74) is 5.60. The van der Waals surface area contributed by atoms with E-state index in [0.29, 0.717) is 63.3 Å². The number of rotatable bonds is 10. The molecule has 0 radical (unpaired) electrons. The Balaban J connectivity index is 0.863. The van der Waals surface area contributed by atoms with Crippen LogP contribution in [0.1, 0.15) is 95.4 Å². The van der Waals surface area contributed by atoms with E-state index in [2.05, 4.69) is 20.4 Å². The molecule has 58 heavy (non-hydrogen) atoms.